The van der Waals surface area contributed by atoms with Crippen molar-refractivity contribution < 1.29 is 15.3 Å². The molecule has 0 aromatic heterocycles. The first-order valence-corrected chi connectivity index (χ1v) is 5.69. The molecule has 0 aliphatic carbocycles. The van der Waals surface area contributed by atoms with Gasteiger partial charge in [-0.25, -0.2) is 0 Å². The van der Waals surface area contributed by atoms with E-state index in [0.29, 0.717) is 6.54 Å². The Labute approximate surface area is 99.9 Å². The van der Waals surface area contributed by atoms with Crippen molar-refractivity contribution in [1.82, 2.24) is 5.32 Å². The van der Waals surface area contributed by atoms with E-state index in [1.165, 1.54) is 0 Å². The van der Waals surface area contributed by atoms with Crippen molar-refractivity contribution in [2.75, 3.05) is 6.61 Å². The molecule has 1 heterocycles. The van der Waals surface area contributed by atoms with Crippen LogP contribution in [-0.2, 0) is 6.54 Å². The fourth-order valence-corrected chi connectivity index (χ4v) is 2.18. The second kappa shape index (κ2) is 5.12. The van der Waals surface area contributed by atoms with Gasteiger partial charge in [0, 0.05) is 6.54 Å². The van der Waals surface area contributed by atoms with Crippen LogP contribution in [0.5, 0.6) is 0 Å². The minimum absolute atomic E-state index is 0.199. The number of hydrogen-bond acceptors (Lipinski definition) is 5. The summed E-state index contributed by atoms with van der Waals surface area (Å²) in [6.45, 7) is 0.276. The summed E-state index contributed by atoms with van der Waals surface area (Å²) < 4.78 is 0. The number of benzene rings is 1. The average Bonchev–Trinajstić information content (AvgIpc) is 2.66. The molecule has 94 valence electrons. The molecule has 6 N–H and O–H groups in total. The predicted molar refractivity (Wildman–Crippen MR) is 63.1 cm³/mol. The molecule has 0 radical (unpaired) electrons. The molecule has 4 atom stereocenters. The van der Waals surface area contributed by atoms with Crippen LogP contribution in [0.3, 0.4) is 0 Å². The SMILES string of the molecule is NCc1ccc([C@@H]2N[C@H](CO)[C@@H](O)[C@H]2O)cc1. The zero-order valence-corrected chi connectivity index (χ0v) is 9.45. The Morgan fingerprint density at radius 3 is 2.24 bits per heavy atom. The second-order valence-corrected chi connectivity index (χ2v) is 4.36. The Hall–Kier alpha value is -0.980. The van der Waals surface area contributed by atoms with Gasteiger partial charge in [-0.1, -0.05) is 24.3 Å². The maximum atomic E-state index is 9.89. The molecule has 1 fully saturated rings. The Kier molecular flexibility index (Phi) is 3.76. The van der Waals surface area contributed by atoms with Gasteiger partial charge >= 0.3 is 0 Å². The number of hydrogen-bond donors (Lipinski definition) is 5. The molecule has 1 saturated heterocycles. The van der Waals surface area contributed by atoms with E-state index >= 15 is 0 Å². The van der Waals surface area contributed by atoms with Crippen LogP contribution >= 0.6 is 0 Å². The van der Waals surface area contributed by atoms with Gasteiger partial charge in [0.1, 0.15) is 6.10 Å². The van der Waals surface area contributed by atoms with Crippen LogP contribution in [-0.4, -0.2) is 40.2 Å². The summed E-state index contributed by atoms with van der Waals surface area (Å²) in [6.07, 6.45) is -1.85. The zero-order chi connectivity index (χ0) is 12.4. The van der Waals surface area contributed by atoms with Crippen molar-refractivity contribution in [3.05, 3.63) is 35.4 Å². The van der Waals surface area contributed by atoms with E-state index < -0.39 is 18.2 Å². The molecule has 0 spiro atoms. The summed E-state index contributed by atoms with van der Waals surface area (Å²) in [5.74, 6) is 0. The van der Waals surface area contributed by atoms with Crippen molar-refractivity contribution in [3.63, 3.8) is 0 Å². The summed E-state index contributed by atoms with van der Waals surface area (Å²) in [5.41, 5.74) is 7.40. The van der Waals surface area contributed by atoms with Gasteiger partial charge in [0.15, 0.2) is 0 Å². The highest BCUT2D eigenvalue weighted by Gasteiger charge is 2.41. The summed E-state index contributed by atoms with van der Waals surface area (Å²) in [7, 11) is 0. The van der Waals surface area contributed by atoms with Gasteiger partial charge in [-0.3, -0.25) is 0 Å². The van der Waals surface area contributed by atoms with Crippen LogP contribution in [0.1, 0.15) is 17.2 Å². The molecule has 1 aromatic carbocycles. The van der Waals surface area contributed by atoms with Crippen LogP contribution in [0, 0.1) is 0 Å². The minimum atomic E-state index is -0.945. The lowest BCUT2D eigenvalue weighted by Crippen LogP contribution is -2.35. The molecule has 0 bridgehead atoms. The number of aliphatic hydroxyl groups excluding tert-OH is 3. The first kappa shape index (κ1) is 12.5. The van der Waals surface area contributed by atoms with Crippen LogP contribution in [0.2, 0.25) is 0 Å². The standard InChI is InChI=1S/C12H18N2O3/c13-5-7-1-3-8(4-2-7)10-12(17)11(16)9(6-15)14-10/h1-4,9-12,14-17H,5-6,13H2/t9-,10+,11-,12+/m1/s1. The van der Waals surface area contributed by atoms with E-state index in [2.05, 4.69) is 5.32 Å². The summed E-state index contributed by atoms with van der Waals surface area (Å²) in [4.78, 5) is 0. The van der Waals surface area contributed by atoms with E-state index in [1.54, 1.807) is 0 Å². The molecule has 0 amide bonds. The Balaban J connectivity index is 2.16. The number of nitrogens with one attached hydrogen (secondary N) is 1. The van der Waals surface area contributed by atoms with E-state index in [4.69, 9.17) is 10.8 Å². The van der Waals surface area contributed by atoms with Crippen molar-refractivity contribution in [2.24, 2.45) is 5.73 Å². The van der Waals surface area contributed by atoms with Crippen molar-refractivity contribution >= 4 is 0 Å². The highest BCUT2D eigenvalue weighted by atomic mass is 16.3. The highest BCUT2D eigenvalue weighted by Crippen LogP contribution is 2.27. The maximum Gasteiger partial charge on any atom is 0.101 e. The lowest BCUT2D eigenvalue weighted by Gasteiger charge is -2.16. The Bertz CT molecular complexity index is 369. The van der Waals surface area contributed by atoms with Gasteiger partial charge in [0.25, 0.3) is 0 Å². The normalized spacial score (nSPS) is 32.9. The minimum Gasteiger partial charge on any atom is -0.395 e. The van der Waals surface area contributed by atoms with Crippen LogP contribution < -0.4 is 11.1 Å². The molecule has 5 nitrogen and oxygen atoms in total. The lowest BCUT2D eigenvalue weighted by molar-refractivity contribution is 0.0194. The van der Waals surface area contributed by atoms with Gasteiger partial charge in [0.05, 0.1) is 24.8 Å². The molecule has 2 rings (SSSR count). The van der Waals surface area contributed by atoms with Crippen LogP contribution in [0.25, 0.3) is 0 Å². The summed E-state index contributed by atoms with van der Waals surface area (Å²) in [5, 5.41) is 31.7. The number of rotatable bonds is 3. The highest BCUT2D eigenvalue weighted by molar-refractivity contribution is 5.27. The maximum absolute atomic E-state index is 9.89. The molecule has 0 saturated carbocycles. The Morgan fingerprint density at radius 2 is 1.76 bits per heavy atom. The van der Waals surface area contributed by atoms with Gasteiger partial charge in [-0.15, -0.1) is 0 Å². The third kappa shape index (κ3) is 2.34. The van der Waals surface area contributed by atoms with E-state index in [0.717, 1.165) is 11.1 Å². The molecule has 0 unspecified atom stereocenters. The number of nitrogens with two attached hydrogens (primary N) is 1. The molecule has 17 heavy (non-hydrogen) atoms. The molecular weight excluding hydrogens is 220 g/mol. The van der Waals surface area contributed by atoms with Crippen molar-refractivity contribution in [1.29, 1.82) is 0 Å². The molecule has 1 aliphatic heterocycles. The third-order valence-electron chi connectivity index (χ3n) is 3.27. The largest absolute Gasteiger partial charge is 0.395 e. The fraction of sp³-hybridized carbons (Fsp3) is 0.500. The number of aliphatic hydroxyl groups is 3. The predicted octanol–water partition coefficient (Wildman–Crippen LogP) is -1.13. The van der Waals surface area contributed by atoms with E-state index in [9.17, 15) is 10.2 Å². The molecule has 1 aliphatic rings. The summed E-state index contributed by atoms with van der Waals surface area (Å²) in [6, 6.07) is 6.69. The molecule has 1 aromatic rings. The van der Waals surface area contributed by atoms with Gasteiger partial charge in [-0.05, 0) is 11.1 Å². The molecule has 5 heteroatoms. The topological polar surface area (TPSA) is 98.7 Å². The first-order valence-electron chi connectivity index (χ1n) is 5.69. The van der Waals surface area contributed by atoms with Crippen LogP contribution in [0.15, 0.2) is 24.3 Å². The van der Waals surface area contributed by atoms with Gasteiger partial charge in [0.2, 0.25) is 0 Å². The third-order valence-corrected chi connectivity index (χ3v) is 3.27. The van der Waals surface area contributed by atoms with Crippen molar-refractivity contribution in [2.45, 2.75) is 30.8 Å². The van der Waals surface area contributed by atoms with Crippen LogP contribution in [0.4, 0.5) is 0 Å². The zero-order valence-electron chi connectivity index (χ0n) is 9.45. The summed E-state index contributed by atoms with van der Waals surface area (Å²) >= 11 is 0. The van der Waals surface area contributed by atoms with Gasteiger partial charge < -0.3 is 26.4 Å². The monoisotopic (exact) mass is 238 g/mol. The first-order chi connectivity index (χ1) is 8.17. The fourth-order valence-electron chi connectivity index (χ4n) is 2.18. The van der Waals surface area contributed by atoms with Crippen molar-refractivity contribution in [3.8, 4) is 0 Å². The lowest BCUT2D eigenvalue weighted by atomic mass is 10.00. The second-order valence-electron chi connectivity index (χ2n) is 4.36. The van der Waals surface area contributed by atoms with E-state index in [1.807, 2.05) is 24.3 Å². The van der Waals surface area contributed by atoms with Gasteiger partial charge in [-0.2, -0.15) is 0 Å². The smallest absolute Gasteiger partial charge is 0.101 e. The molecular formula is C12H18N2O3. The van der Waals surface area contributed by atoms with E-state index in [-0.39, 0.29) is 12.6 Å². The average molecular weight is 238 g/mol. The quantitative estimate of drug-likeness (QED) is 0.459. The Morgan fingerprint density at radius 1 is 1.12 bits per heavy atom.